The van der Waals surface area contributed by atoms with Crippen LogP contribution in [0.2, 0.25) is 0 Å². The fourth-order valence-corrected chi connectivity index (χ4v) is 2.24. The second-order valence-corrected chi connectivity index (χ2v) is 4.55. The average molecular weight is 221 g/mol. The molecule has 2 rings (SSSR count). The van der Waals surface area contributed by atoms with Crippen molar-refractivity contribution < 1.29 is 4.74 Å². The maximum atomic E-state index is 5.63. The highest BCUT2D eigenvalue weighted by molar-refractivity contribution is 5.46. The van der Waals surface area contributed by atoms with Gasteiger partial charge in [-0.25, -0.2) is 4.98 Å². The van der Waals surface area contributed by atoms with Gasteiger partial charge < -0.3 is 15.4 Å². The fourth-order valence-electron chi connectivity index (χ4n) is 2.24. The lowest BCUT2D eigenvalue weighted by Crippen LogP contribution is -2.21. The molecule has 0 amide bonds. The van der Waals surface area contributed by atoms with Crippen LogP contribution >= 0.6 is 0 Å². The van der Waals surface area contributed by atoms with Gasteiger partial charge in [0, 0.05) is 26.1 Å². The Labute approximate surface area is 96.4 Å². The van der Waals surface area contributed by atoms with Crippen LogP contribution in [-0.2, 0) is 4.74 Å². The van der Waals surface area contributed by atoms with Gasteiger partial charge in [-0.2, -0.15) is 0 Å². The topological polar surface area (TPSA) is 51.4 Å². The summed E-state index contributed by atoms with van der Waals surface area (Å²) in [5.41, 5.74) is 6.34. The number of hydrogen-bond acceptors (Lipinski definition) is 4. The molecule has 88 valence electrons. The Morgan fingerprint density at radius 1 is 1.50 bits per heavy atom. The number of anilines is 2. The predicted molar refractivity (Wildman–Crippen MR) is 65.4 cm³/mol. The molecule has 2 N–H and O–H groups in total. The Bertz CT molecular complexity index is 339. The van der Waals surface area contributed by atoms with Gasteiger partial charge in [0.2, 0.25) is 0 Å². The van der Waals surface area contributed by atoms with E-state index in [0.717, 1.165) is 25.5 Å². The van der Waals surface area contributed by atoms with Crippen molar-refractivity contribution in [1.82, 2.24) is 4.98 Å². The van der Waals surface area contributed by atoms with E-state index in [0.29, 0.717) is 17.5 Å². The van der Waals surface area contributed by atoms with E-state index in [9.17, 15) is 0 Å². The van der Waals surface area contributed by atoms with Crippen molar-refractivity contribution in [3.63, 3.8) is 0 Å². The van der Waals surface area contributed by atoms with Crippen molar-refractivity contribution in [3.8, 4) is 0 Å². The highest BCUT2D eigenvalue weighted by Crippen LogP contribution is 2.27. The molecule has 0 saturated carbocycles. The normalized spacial score (nSPS) is 25.0. The van der Waals surface area contributed by atoms with Gasteiger partial charge in [-0.05, 0) is 18.1 Å². The van der Waals surface area contributed by atoms with Crippen molar-refractivity contribution in [2.24, 2.45) is 11.8 Å². The lowest BCUT2D eigenvalue weighted by molar-refractivity contribution is 0.144. The van der Waals surface area contributed by atoms with Crippen molar-refractivity contribution >= 4 is 11.5 Å². The van der Waals surface area contributed by atoms with Gasteiger partial charge in [0.1, 0.15) is 5.82 Å². The molecule has 16 heavy (non-hydrogen) atoms. The number of hydrogen-bond donors (Lipinski definition) is 1. The van der Waals surface area contributed by atoms with Crippen LogP contribution in [0.25, 0.3) is 0 Å². The smallest absolute Gasteiger partial charge is 0.128 e. The molecule has 1 fully saturated rings. The van der Waals surface area contributed by atoms with Gasteiger partial charge in [0.15, 0.2) is 0 Å². The zero-order valence-electron chi connectivity index (χ0n) is 9.89. The zero-order valence-corrected chi connectivity index (χ0v) is 9.89. The molecule has 4 heteroatoms. The minimum absolute atomic E-state index is 0.601. The summed E-state index contributed by atoms with van der Waals surface area (Å²) in [5.74, 6) is 2.27. The number of methoxy groups -OCH3 is 1. The van der Waals surface area contributed by atoms with Crippen LogP contribution in [-0.4, -0.2) is 31.8 Å². The molecule has 1 aromatic heterocycles. The van der Waals surface area contributed by atoms with E-state index >= 15 is 0 Å². The van der Waals surface area contributed by atoms with Crippen molar-refractivity contribution in [3.05, 3.63) is 18.3 Å². The van der Waals surface area contributed by atoms with Crippen molar-refractivity contribution in [2.45, 2.75) is 6.92 Å². The average Bonchev–Trinajstić information content (AvgIpc) is 2.62. The van der Waals surface area contributed by atoms with Crippen LogP contribution in [0.1, 0.15) is 6.92 Å². The molecule has 2 atom stereocenters. The molecule has 0 aliphatic carbocycles. The molecule has 4 nitrogen and oxygen atoms in total. The predicted octanol–water partition coefficient (Wildman–Crippen LogP) is 1.38. The van der Waals surface area contributed by atoms with E-state index in [2.05, 4.69) is 16.8 Å². The first-order valence-corrected chi connectivity index (χ1v) is 5.66. The molecular weight excluding hydrogens is 202 g/mol. The van der Waals surface area contributed by atoms with Crippen LogP contribution in [0.4, 0.5) is 11.5 Å². The van der Waals surface area contributed by atoms with Gasteiger partial charge in [-0.1, -0.05) is 6.92 Å². The van der Waals surface area contributed by atoms with Gasteiger partial charge >= 0.3 is 0 Å². The molecule has 0 radical (unpaired) electrons. The fraction of sp³-hybridized carbons (Fsp3) is 0.583. The number of aromatic nitrogens is 1. The van der Waals surface area contributed by atoms with E-state index in [1.165, 1.54) is 0 Å². The number of ether oxygens (including phenoxy) is 1. The summed E-state index contributed by atoms with van der Waals surface area (Å²) >= 11 is 0. The highest BCUT2D eigenvalue weighted by Gasteiger charge is 2.29. The molecule has 0 spiro atoms. The standard InChI is InChI=1S/C12H19N3O/c1-9-6-15(7-10(9)8-16-2)12-4-3-11(13)5-14-12/h3-5,9-10H,6-8,13H2,1-2H3/t9-,10+/m0/s1. The first-order valence-electron chi connectivity index (χ1n) is 5.66. The minimum Gasteiger partial charge on any atom is -0.397 e. The molecule has 2 heterocycles. The molecule has 1 aliphatic rings. The van der Waals surface area contributed by atoms with Crippen molar-refractivity contribution in [2.75, 3.05) is 37.4 Å². The van der Waals surface area contributed by atoms with Gasteiger partial charge in [-0.3, -0.25) is 0 Å². The van der Waals surface area contributed by atoms with E-state index in [1.807, 2.05) is 12.1 Å². The quantitative estimate of drug-likeness (QED) is 0.838. The van der Waals surface area contributed by atoms with Crippen molar-refractivity contribution in [1.29, 1.82) is 0 Å². The summed E-state index contributed by atoms with van der Waals surface area (Å²) in [4.78, 5) is 6.65. The number of nitrogens with zero attached hydrogens (tertiary/aromatic N) is 2. The molecule has 0 unspecified atom stereocenters. The van der Waals surface area contributed by atoms with E-state index in [1.54, 1.807) is 13.3 Å². The second kappa shape index (κ2) is 4.70. The molecule has 1 saturated heterocycles. The van der Waals surface area contributed by atoms with Crippen LogP contribution in [0.15, 0.2) is 18.3 Å². The monoisotopic (exact) mass is 221 g/mol. The van der Waals surface area contributed by atoms with Gasteiger partial charge in [-0.15, -0.1) is 0 Å². The summed E-state index contributed by atoms with van der Waals surface area (Å²) < 4.78 is 5.23. The van der Waals surface area contributed by atoms with Crippen LogP contribution < -0.4 is 10.6 Å². The summed E-state index contributed by atoms with van der Waals surface area (Å²) in [5, 5.41) is 0. The summed E-state index contributed by atoms with van der Waals surface area (Å²) in [7, 11) is 1.76. The first-order chi connectivity index (χ1) is 7.70. The SMILES string of the molecule is COC[C@H]1CN(c2ccc(N)cn2)C[C@@H]1C. The maximum absolute atomic E-state index is 5.63. The van der Waals surface area contributed by atoms with Crippen LogP contribution in [0, 0.1) is 11.8 Å². The van der Waals surface area contributed by atoms with Gasteiger partial charge in [0.25, 0.3) is 0 Å². The lowest BCUT2D eigenvalue weighted by atomic mass is 10.00. The Hall–Kier alpha value is -1.29. The summed E-state index contributed by atoms with van der Waals surface area (Å²) in [6.45, 7) is 5.16. The summed E-state index contributed by atoms with van der Waals surface area (Å²) in [6, 6.07) is 3.88. The third kappa shape index (κ3) is 2.27. The number of nitrogens with two attached hydrogens (primary N) is 1. The third-order valence-corrected chi connectivity index (χ3v) is 3.24. The third-order valence-electron chi connectivity index (χ3n) is 3.24. The molecule has 0 bridgehead atoms. The van der Waals surface area contributed by atoms with Gasteiger partial charge in [0.05, 0.1) is 18.5 Å². The second-order valence-electron chi connectivity index (χ2n) is 4.55. The molecule has 1 aromatic rings. The zero-order chi connectivity index (χ0) is 11.5. The number of rotatable bonds is 3. The van der Waals surface area contributed by atoms with E-state index in [-0.39, 0.29) is 0 Å². The molecule has 0 aromatic carbocycles. The minimum atomic E-state index is 0.601. The molecule has 1 aliphatic heterocycles. The molecular formula is C12H19N3O. The maximum Gasteiger partial charge on any atom is 0.128 e. The number of nitrogen functional groups attached to an aromatic ring is 1. The highest BCUT2D eigenvalue weighted by atomic mass is 16.5. The van der Waals surface area contributed by atoms with Crippen LogP contribution in [0.3, 0.4) is 0 Å². The van der Waals surface area contributed by atoms with Crippen LogP contribution in [0.5, 0.6) is 0 Å². The number of pyridine rings is 1. The van der Waals surface area contributed by atoms with E-state index in [4.69, 9.17) is 10.5 Å². The largest absolute Gasteiger partial charge is 0.397 e. The Morgan fingerprint density at radius 3 is 2.94 bits per heavy atom. The summed E-state index contributed by atoms with van der Waals surface area (Å²) in [6.07, 6.45) is 1.71. The first kappa shape index (κ1) is 11.2. The Morgan fingerprint density at radius 2 is 2.31 bits per heavy atom. The lowest BCUT2D eigenvalue weighted by Gasteiger charge is -2.17. The van der Waals surface area contributed by atoms with E-state index < -0.39 is 0 Å². The Kier molecular flexibility index (Phi) is 3.29. The Balaban J connectivity index is 2.04.